The van der Waals surface area contributed by atoms with E-state index in [2.05, 4.69) is 15.2 Å². The first-order valence-electron chi connectivity index (χ1n) is 8.44. The molecule has 24 heavy (non-hydrogen) atoms. The van der Waals surface area contributed by atoms with Gasteiger partial charge in [-0.05, 0) is 44.4 Å². The molecule has 1 aromatic carbocycles. The monoisotopic (exact) mass is 323 g/mol. The second-order valence-corrected chi connectivity index (χ2v) is 6.34. The van der Waals surface area contributed by atoms with E-state index in [1.54, 1.807) is 6.20 Å². The molecule has 2 aromatic heterocycles. The van der Waals surface area contributed by atoms with E-state index in [4.69, 9.17) is 0 Å². The van der Waals surface area contributed by atoms with Crippen LogP contribution in [0.25, 0.3) is 11.0 Å². The van der Waals surface area contributed by atoms with Gasteiger partial charge < -0.3 is 9.47 Å². The van der Waals surface area contributed by atoms with Crippen LogP contribution >= 0.6 is 0 Å². The van der Waals surface area contributed by atoms with E-state index in [0.29, 0.717) is 6.54 Å². The molecule has 1 aliphatic rings. The number of imidazole rings is 1. The highest BCUT2D eigenvalue weighted by Crippen LogP contribution is 2.30. The summed E-state index contributed by atoms with van der Waals surface area (Å²) >= 11 is 0. The third-order valence-corrected chi connectivity index (χ3v) is 4.84. The summed E-state index contributed by atoms with van der Waals surface area (Å²) in [6.07, 6.45) is 4.93. The van der Waals surface area contributed by atoms with Gasteiger partial charge in [0.25, 0.3) is 0 Å². The topological polar surface area (TPSA) is 66.8 Å². The molecule has 1 N–H and O–H groups in total. The quantitative estimate of drug-likeness (QED) is 0.806. The molecule has 4 rings (SSSR count). The van der Waals surface area contributed by atoms with Gasteiger partial charge in [0.2, 0.25) is 5.91 Å². The van der Waals surface area contributed by atoms with Crippen LogP contribution in [0.15, 0.2) is 36.5 Å². The Morgan fingerprint density at radius 2 is 2.17 bits per heavy atom. The van der Waals surface area contributed by atoms with Gasteiger partial charge in [-0.15, -0.1) is 0 Å². The molecule has 0 spiro atoms. The molecule has 0 bridgehead atoms. The number of carbonyl (C=O) groups is 1. The van der Waals surface area contributed by atoms with Gasteiger partial charge in [0.15, 0.2) is 0 Å². The molecule has 6 heteroatoms. The zero-order valence-corrected chi connectivity index (χ0v) is 13.8. The number of likely N-dealkylation sites (tertiary alicyclic amines) is 1. The number of nitrogens with zero attached hydrogens (tertiary/aromatic N) is 4. The molecule has 124 valence electrons. The van der Waals surface area contributed by atoms with Gasteiger partial charge in [0.1, 0.15) is 12.4 Å². The molecule has 1 unspecified atom stereocenters. The lowest BCUT2D eigenvalue weighted by atomic mass is 9.99. The summed E-state index contributed by atoms with van der Waals surface area (Å²) in [4.78, 5) is 19.6. The van der Waals surface area contributed by atoms with Gasteiger partial charge in [-0.3, -0.25) is 9.89 Å². The second-order valence-electron chi connectivity index (χ2n) is 6.34. The van der Waals surface area contributed by atoms with Crippen molar-refractivity contribution in [3.8, 4) is 0 Å². The number of H-pyrrole nitrogens is 1. The van der Waals surface area contributed by atoms with Crippen molar-refractivity contribution in [1.29, 1.82) is 0 Å². The Morgan fingerprint density at radius 3 is 3.00 bits per heavy atom. The highest BCUT2D eigenvalue weighted by atomic mass is 16.2. The maximum absolute atomic E-state index is 13.0. The van der Waals surface area contributed by atoms with Crippen LogP contribution in [0.3, 0.4) is 0 Å². The molecular formula is C18H21N5O. The zero-order chi connectivity index (χ0) is 16.5. The first-order valence-corrected chi connectivity index (χ1v) is 8.44. The zero-order valence-electron chi connectivity index (χ0n) is 13.8. The van der Waals surface area contributed by atoms with Crippen molar-refractivity contribution in [2.75, 3.05) is 6.54 Å². The van der Waals surface area contributed by atoms with Gasteiger partial charge in [0, 0.05) is 12.7 Å². The summed E-state index contributed by atoms with van der Waals surface area (Å²) in [5, 5.41) is 7.07. The molecule has 1 saturated heterocycles. The SMILES string of the molecule is Cc1nc2ccccc2n1CC(=O)N1CCCCC1c1ccn[nH]1. The average molecular weight is 323 g/mol. The molecule has 6 nitrogen and oxygen atoms in total. The third kappa shape index (κ3) is 2.58. The molecule has 1 fully saturated rings. The number of carbonyl (C=O) groups excluding carboxylic acids is 1. The first kappa shape index (κ1) is 14.9. The fourth-order valence-corrected chi connectivity index (χ4v) is 3.63. The number of fused-ring (bicyclic) bond motifs is 1. The van der Waals surface area contributed by atoms with Gasteiger partial charge in [-0.25, -0.2) is 4.98 Å². The lowest BCUT2D eigenvalue weighted by Crippen LogP contribution is -2.40. The van der Waals surface area contributed by atoms with Crippen LogP contribution in [0.2, 0.25) is 0 Å². The van der Waals surface area contributed by atoms with E-state index in [1.165, 1.54) is 0 Å². The van der Waals surface area contributed by atoms with Gasteiger partial charge >= 0.3 is 0 Å². The number of para-hydroxylation sites is 2. The smallest absolute Gasteiger partial charge is 0.243 e. The van der Waals surface area contributed by atoms with Crippen molar-refractivity contribution in [3.05, 3.63) is 48.0 Å². The number of amides is 1. The highest BCUT2D eigenvalue weighted by molar-refractivity contribution is 5.81. The van der Waals surface area contributed by atoms with Crippen molar-refractivity contribution < 1.29 is 4.79 Å². The molecule has 0 saturated carbocycles. The van der Waals surface area contributed by atoms with Gasteiger partial charge in [0.05, 0.1) is 22.8 Å². The lowest BCUT2D eigenvalue weighted by Gasteiger charge is -2.35. The minimum atomic E-state index is 0.101. The van der Waals surface area contributed by atoms with Crippen LogP contribution < -0.4 is 0 Å². The number of aromatic nitrogens is 4. The van der Waals surface area contributed by atoms with Gasteiger partial charge in [-0.1, -0.05) is 12.1 Å². The molecule has 0 radical (unpaired) electrons. The van der Waals surface area contributed by atoms with Crippen molar-refractivity contribution in [2.24, 2.45) is 0 Å². The molecule has 1 atom stereocenters. The summed E-state index contributed by atoms with van der Waals surface area (Å²) in [7, 11) is 0. The Bertz CT molecular complexity index is 852. The average Bonchev–Trinajstić information content (AvgIpc) is 3.24. The van der Waals surface area contributed by atoms with Crippen molar-refractivity contribution >= 4 is 16.9 Å². The van der Waals surface area contributed by atoms with Crippen LogP contribution in [-0.4, -0.2) is 37.1 Å². The molecule has 3 heterocycles. The van der Waals surface area contributed by atoms with Crippen LogP contribution in [0.1, 0.15) is 36.8 Å². The van der Waals surface area contributed by atoms with Crippen molar-refractivity contribution in [1.82, 2.24) is 24.6 Å². The van der Waals surface area contributed by atoms with Crippen LogP contribution in [-0.2, 0) is 11.3 Å². The largest absolute Gasteiger partial charge is 0.333 e. The van der Waals surface area contributed by atoms with E-state index in [9.17, 15) is 4.79 Å². The number of aromatic amines is 1. The highest BCUT2D eigenvalue weighted by Gasteiger charge is 2.29. The summed E-state index contributed by atoms with van der Waals surface area (Å²) < 4.78 is 2.01. The number of benzene rings is 1. The van der Waals surface area contributed by atoms with E-state index in [-0.39, 0.29) is 11.9 Å². The Labute approximate surface area is 140 Å². The fourth-order valence-electron chi connectivity index (χ4n) is 3.63. The molecule has 3 aromatic rings. The maximum atomic E-state index is 13.0. The molecular weight excluding hydrogens is 302 g/mol. The minimum absolute atomic E-state index is 0.101. The van der Waals surface area contributed by atoms with Crippen LogP contribution in [0.5, 0.6) is 0 Å². The Hall–Kier alpha value is -2.63. The number of aryl methyl sites for hydroxylation is 1. The Balaban J connectivity index is 1.61. The predicted octanol–water partition coefficient (Wildman–Crippen LogP) is 2.82. The first-order chi connectivity index (χ1) is 11.7. The lowest BCUT2D eigenvalue weighted by molar-refractivity contribution is -0.135. The number of rotatable bonds is 3. The van der Waals surface area contributed by atoms with E-state index >= 15 is 0 Å². The van der Waals surface area contributed by atoms with Crippen molar-refractivity contribution in [2.45, 2.75) is 38.8 Å². The van der Waals surface area contributed by atoms with Crippen LogP contribution in [0, 0.1) is 6.92 Å². The predicted molar refractivity (Wildman–Crippen MR) is 91.4 cm³/mol. The van der Waals surface area contributed by atoms with Crippen LogP contribution in [0.4, 0.5) is 0 Å². The third-order valence-electron chi connectivity index (χ3n) is 4.84. The summed E-state index contributed by atoms with van der Waals surface area (Å²) in [6, 6.07) is 10.0. The fraction of sp³-hybridized carbons (Fsp3) is 0.389. The number of piperidine rings is 1. The Kier molecular flexibility index (Phi) is 3.80. The van der Waals surface area contributed by atoms with Gasteiger partial charge in [-0.2, -0.15) is 5.10 Å². The van der Waals surface area contributed by atoms with E-state index in [1.807, 2.05) is 46.7 Å². The second kappa shape index (κ2) is 6.11. The molecule has 1 amide bonds. The molecule has 0 aliphatic carbocycles. The number of nitrogens with one attached hydrogen (secondary N) is 1. The summed E-state index contributed by atoms with van der Waals surface area (Å²) in [5.74, 6) is 1.01. The maximum Gasteiger partial charge on any atom is 0.243 e. The Morgan fingerprint density at radius 1 is 1.29 bits per heavy atom. The normalized spacial score (nSPS) is 18.2. The minimum Gasteiger partial charge on any atom is -0.333 e. The van der Waals surface area contributed by atoms with E-state index < -0.39 is 0 Å². The van der Waals surface area contributed by atoms with Crippen molar-refractivity contribution in [3.63, 3.8) is 0 Å². The number of hydrogen-bond donors (Lipinski definition) is 1. The standard InChI is InChI=1S/C18H21N5O/c1-13-20-14-6-2-3-7-16(14)23(13)12-18(24)22-11-5-4-8-17(22)15-9-10-19-21-15/h2-3,6-7,9-10,17H,4-5,8,11-12H2,1H3,(H,19,21). The summed E-state index contributed by atoms with van der Waals surface area (Å²) in [5.41, 5.74) is 2.97. The molecule has 1 aliphatic heterocycles. The van der Waals surface area contributed by atoms with E-state index in [0.717, 1.165) is 48.4 Å². The summed E-state index contributed by atoms with van der Waals surface area (Å²) in [6.45, 7) is 3.08. The number of hydrogen-bond acceptors (Lipinski definition) is 3.